The summed E-state index contributed by atoms with van der Waals surface area (Å²) in [5.74, 6) is 0. The molecule has 6 nitrogen and oxygen atoms in total. The lowest BCUT2D eigenvalue weighted by atomic mass is 10.2. The summed E-state index contributed by atoms with van der Waals surface area (Å²) in [7, 11) is -6.97. The SMILES string of the molecule is CCCCCN(CCNS(=O)(=O)c1ccccc1C)S(C)(=O)=O. The number of rotatable bonds is 10. The van der Waals surface area contributed by atoms with Crippen molar-refractivity contribution in [2.24, 2.45) is 0 Å². The molecule has 0 heterocycles. The second kappa shape index (κ2) is 8.77. The van der Waals surface area contributed by atoms with E-state index in [1.807, 2.05) is 6.92 Å². The van der Waals surface area contributed by atoms with Crippen LogP contribution in [0.2, 0.25) is 0 Å². The van der Waals surface area contributed by atoms with Crippen LogP contribution in [0.25, 0.3) is 0 Å². The standard InChI is InChI=1S/C15H26N2O4S2/c1-4-5-8-12-17(22(3,18)19)13-11-16-23(20,21)15-10-7-6-9-14(15)2/h6-7,9-10,16H,4-5,8,11-13H2,1-3H3. The van der Waals surface area contributed by atoms with E-state index < -0.39 is 20.0 Å². The predicted molar refractivity (Wildman–Crippen MR) is 92.3 cm³/mol. The maximum absolute atomic E-state index is 12.3. The summed E-state index contributed by atoms with van der Waals surface area (Å²) in [6.07, 6.45) is 3.86. The van der Waals surface area contributed by atoms with E-state index in [2.05, 4.69) is 4.72 Å². The van der Waals surface area contributed by atoms with E-state index in [-0.39, 0.29) is 18.0 Å². The van der Waals surface area contributed by atoms with Crippen LogP contribution in [0.3, 0.4) is 0 Å². The Bertz CT molecular complexity index is 700. The van der Waals surface area contributed by atoms with Crippen LogP contribution >= 0.6 is 0 Å². The molecule has 0 spiro atoms. The van der Waals surface area contributed by atoms with Gasteiger partial charge in [0, 0.05) is 19.6 Å². The van der Waals surface area contributed by atoms with Gasteiger partial charge in [-0.25, -0.2) is 25.9 Å². The van der Waals surface area contributed by atoms with E-state index in [1.165, 1.54) is 10.4 Å². The summed E-state index contributed by atoms with van der Waals surface area (Å²) < 4.78 is 51.8. The first kappa shape index (κ1) is 20.1. The van der Waals surface area contributed by atoms with Crippen molar-refractivity contribution in [3.63, 3.8) is 0 Å². The molecule has 23 heavy (non-hydrogen) atoms. The molecular weight excluding hydrogens is 336 g/mol. The van der Waals surface area contributed by atoms with E-state index in [9.17, 15) is 16.8 Å². The Morgan fingerprint density at radius 2 is 1.70 bits per heavy atom. The zero-order valence-corrected chi connectivity index (χ0v) is 15.6. The second-order valence-electron chi connectivity index (χ2n) is 5.53. The zero-order valence-electron chi connectivity index (χ0n) is 13.9. The molecule has 0 saturated heterocycles. The van der Waals surface area contributed by atoms with Gasteiger partial charge in [0.2, 0.25) is 20.0 Å². The van der Waals surface area contributed by atoms with Gasteiger partial charge in [-0.15, -0.1) is 0 Å². The van der Waals surface area contributed by atoms with Gasteiger partial charge >= 0.3 is 0 Å². The maximum Gasteiger partial charge on any atom is 0.240 e. The van der Waals surface area contributed by atoms with E-state index in [0.29, 0.717) is 12.1 Å². The number of nitrogens with one attached hydrogen (secondary N) is 1. The fourth-order valence-corrected chi connectivity index (χ4v) is 4.37. The molecule has 1 aromatic carbocycles. The molecule has 0 saturated carbocycles. The summed E-state index contributed by atoms with van der Waals surface area (Å²) in [6, 6.07) is 6.69. The summed E-state index contributed by atoms with van der Waals surface area (Å²) in [4.78, 5) is 0.219. The van der Waals surface area contributed by atoms with Crippen LogP contribution in [0.4, 0.5) is 0 Å². The minimum atomic E-state index is -3.63. The average molecular weight is 363 g/mol. The number of hydrogen-bond donors (Lipinski definition) is 1. The first-order valence-electron chi connectivity index (χ1n) is 7.69. The third kappa shape index (κ3) is 6.58. The molecule has 0 aromatic heterocycles. The van der Waals surface area contributed by atoms with Crippen molar-refractivity contribution in [2.45, 2.75) is 38.0 Å². The van der Waals surface area contributed by atoms with Gasteiger partial charge in [-0.3, -0.25) is 0 Å². The normalized spacial score (nSPS) is 12.7. The number of sulfonamides is 2. The van der Waals surface area contributed by atoms with Crippen LogP contribution in [0.15, 0.2) is 29.2 Å². The number of unbranched alkanes of at least 4 members (excludes halogenated alkanes) is 2. The summed E-state index contributed by atoms with van der Waals surface area (Å²) >= 11 is 0. The largest absolute Gasteiger partial charge is 0.240 e. The van der Waals surface area contributed by atoms with Crippen LogP contribution in [-0.4, -0.2) is 47.0 Å². The highest BCUT2D eigenvalue weighted by atomic mass is 32.2. The molecule has 1 N–H and O–H groups in total. The molecule has 0 aliphatic carbocycles. The van der Waals surface area contributed by atoms with Gasteiger partial charge in [0.25, 0.3) is 0 Å². The first-order chi connectivity index (χ1) is 10.7. The van der Waals surface area contributed by atoms with Crippen molar-refractivity contribution in [2.75, 3.05) is 25.9 Å². The molecule has 0 unspecified atom stereocenters. The molecule has 132 valence electrons. The fraction of sp³-hybridized carbons (Fsp3) is 0.600. The molecule has 0 bridgehead atoms. The lowest BCUT2D eigenvalue weighted by molar-refractivity contribution is 0.405. The Morgan fingerprint density at radius 1 is 1.04 bits per heavy atom. The Kier molecular flexibility index (Phi) is 7.66. The van der Waals surface area contributed by atoms with Gasteiger partial charge in [-0.2, -0.15) is 0 Å². The van der Waals surface area contributed by atoms with E-state index >= 15 is 0 Å². The molecular formula is C15H26N2O4S2. The average Bonchev–Trinajstić information content (AvgIpc) is 2.45. The van der Waals surface area contributed by atoms with Gasteiger partial charge in [0.05, 0.1) is 11.2 Å². The van der Waals surface area contributed by atoms with Crippen LogP contribution in [-0.2, 0) is 20.0 Å². The molecule has 0 aliphatic rings. The highest BCUT2D eigenvalue weighted by Crippen LogP contribution is 2.13. The van der Waals surface area contributed by atoms with Gasteiger partial charge in [-0.1, -0.05) is 38.0 Å². The molecule has 0 aliphatic heterocycles. The number of benzene rings is 1. The zero-order chi connectivity index (χ0) is 17.5. The van der Waals surface area contributed by atoms with Crippen LogP contribution in [0.5, 0.6) is 0 Å². The highest BCUT2D eigenvalue weighted by Gasteiger charge is 2.19. The third-order valence-corrected chi connectivity index (χ3v) is 6.44. The molecule has 1 rings (SSSR count). The Balaban J connectivity index is 2.67. The molecule has 1 aromatic rings. The minimum absolute atomic E-state index is 0.0515. The van der Waals surface area contributed by atoms with Gasteiger partial charge < -0.3 is 0 Å². The monoisotopic (exact) mass is 362 g/mol. The van der Waals surface area contributed by atoms with Gasteiger partial charge in [-0.05, 0) is 25.0 Å². The van der Waals surface area contributed by atoms with Gasteiger partial charge in [0.1, 0.15) is 0 Å². The van der Waals surface area contributed by atoms with Crippen LogP contribution < -0.4 is 4.72 Å². The topological polar surface area (TPSA) is 83.6 Å². The van der Waals surface area contributed by atoms with Crippen LogP contribution in [0, 0.1) is 6.92 Å². The summed E-state index contributed by atoms with van der Waals surface area (Å²) in [6.45, 7) is 4.37. The molecule has 0 radical (unpaired) electrons. The smallest absolute Gasteiger partial charge is 0.213 e. The number of nitrogens with zero attached hydrogens (tertiary/aromatic N) is 1. The van der Waals surface area contributed by atoms with Crippen molar-refractivity contribution in [3.8, 4) is 0 Å². The first-order valence-corrected chi connectivity index (χ1v) is 11.0. The fourth-order valence-electron chi connectivity index (χ4n) is 2.22. The van der Waals surface area contributed by atoms with Crippen LogP contribution in [0.1, 0.15) is 31.7 Å². The van der Waals surface area contributed by atoms with E-state index in [4.69, 9.17) is 0 Å². The summed E-state index contributed by atoms with van der Waals surface area (Å²) in [5, 5.41) is 0. The van der Waals surface area contributed by atoms with Gasteiger partial charge in [0.15, 0.2) is 0 Å². The Hall–Kier alpha value is -0.960. The van der Waals surface area contributed by atoms with Crippen molar-refractivity contribution >= 4 is 20.0 Å². The summed E-state index contributed by atoms with van der Waals surface area (Å²) in [5.41, 5.74) is 0.655. The second-order valence-corrected chi connectivity index (χ2v) is 9.25. The molecule has 0 atom stereocenters. The molecule has 0 fully saturated rings. The number of hydrogen-bond acceptors (Lipinski definition) is 4. The van der Waals surface area contributed by atoms with Crippen molar-refractivity contribution < 1.29 is 16.8 Å². The number of aryl methyl sites for hydroxylation is 1. The minimum Gasteiger partial charge on any atom is -0.213 e. The van der Waals surface area contributed by atoms with Crippen molar-refractivity contribution in [1.82, 2.24) is 9.03 Å². The van der Waals surface area contributed by atoms with E-state index in [1.54, 1.807) is 25.1 Å². The Morgan fingerprint density at radius 3 is 2.26 bits per heavy atom. The maximum atomic E-state index is 12.3. The third-order valence-electron chi connectivity index (χ3n) is 3.52. The highest BCUT2D eigenvalue weighted by molar-refractivity contribution is 7.89. The lowest BCUT2D eigenvalue weighted by Gasteiger charge is -2.20. The van der Waals surface area contributed by atoms with Crippen molar-refractivity contribution in [1.29, 1.82) is 0 Å². The molecule has 0 amide bonds. The lowest BCUT2D eigenvalue weighted by Crippen LogP contribution is -2.38. The predicted octanol–water partition coefficient (Wildman–Crippen LogP) is 1.73. The van der Waals surface area contributed by atoms with Crippen molar-refractivity contribution in [3.05, 3.63) is 29.8 Å². The quantitative estimate of drug-likeness (QED) is 0.643. The van der Waals surface area contributed by atoms with E-state index in [0.717, 1.165) is 25.5 Å². The molecule has 8 heteroatoms. The Labute approximate surface area is 140 Å².